The molecule has 4 rings (SSSR count). The van der Waals surface area contributed by atoms with Crippen molar-refractivity contribution in [1.82, 2.24) is 0 Å². The quantitative estimate of drug-likeness (QED) is 0.194. The van der Waals surface area contributed by atoms with Crippen LogP contribution in [0.5, 0.6) is 11.5 Å². The van der Waals surface area contributed by atoms with Gasteiger partial charge in [0.2, 0.25) is 9.84 Å². The fraction of sp³-hybridized carbons (Fsp3) is 0.0800. The first-order valence-corrected chi connectivity index (χ1v) is 14.1. The van der Waals surface area contributed by atoms with Crippen molar-refractivity contribution >= 4 is 49.1 Å². The third-order valence-electron chi connectivity index (χ3n) is 5.04. The predicted molar refractivity (Wildman–Crippen MR) is 140 cm³/mol. The Bertz CT molecular complexity index is 1500. The maximum absolute atomic E-state index is 13.0. The molecule has 192 valence electrons. The van der Waals surface area contributed by atoms with Crippen LogP contribution in [0.25, 0.3) is 0 Å². The average molecular weight is 560 g/mol. The van der Waals surface area contributed by atoms with Crippen LogP contribution < -0.4 is 13.8 Å². The van der Waals surface area contributed by atoms with E-state index in [0.29, 0.717) is 5.75 Å². The van der Waals surface area contributed by atoms with Gasteiger partial charge >= 0.3 is 5.97 Å². The number of benzene rings is 3. The highest BCUT2D eigenvalue weighted by molar-refractivity contribution is 7.93. The van der Waals surface area contributed by atoms with E-state index in [1.165, 1.54) is 48.5 Å². The second-order valence-electron chi connectivity index (χ2n) is 7.43. The Kier molecular flexibility index (Phi) is 8.24. The maximum Gasteiger partial charge on any atom is 0.335 e. The van der Waals surface area contributed by atoms with Crippen LogP contribution >= 0.6 is 11.3 Å². The van der Waals surface area contributed by atoms with Crippen molar-refractivity contribution in [3.05, 3.63) is 96.6 Å². The highest BCUT2D eigenvalue weighted by Gasteiger charge is 2.25. The Hall–Kier alpha value is -3.71. The first-order chi connectivity index (χ1) is 17.8. The van der Waals surface area contributed by atoms with E-state index in [1.807, 2.05) is 0 Å². The summed E-state index contributed by atoms with van der Waals surface area (Å²) in [7, 11) is -3.79. The normalized spacial score (nSPS) is 12.0. The number of para-hydroxylation sites is 2. The van der Waals surface area contributed by atoms with E-state index in [9.17, 15) is 22.0 Å². The molecule has 0 saturated carbocycles. The molecule has 12 heteroatoms. The zero-order valence-electron chi connectivity index (χ0n) is 19.1. The summed E-state index contributed by atoms with van der Waals surface area (Å²) in [6.45, 7) is 0.211. The number of aromatic carboxylic acids is 1. The molecule has 1 atom stereocenters. The summed E-state index contributed by atoms with van der Waals surface area (Å²) in [6.07, 6.45) is 0. The van der Waals surface area contributed by atoms with Gasteiger partial charge in [-0.15, -0.1) is 11.3 Å². The lowest BCUT2D eigenvalue weighted by Crippen LogP contribution is -2.19. The third kappa shape index (κ3) is 6.17. The lowest BCUT2D eigenvalue weighted by molar-refractivity contribution is 0.0696. The molecular formula is C25H21NO8S3. The van der Waals surface area contributed by atoms with Crippen LogP contribution in [0, 0.1) is 0 Å². The van der Waals surface area contributed by atoms with Crippen LogP contribution in [0.1, 0.15) is 10.4 Å². The number of ether oxygens (including phenoxy) is 2. The van der Waals surface area contributed by atoms with Crippen molar-refractivity contribution in [3.8, 4) is 11.5 Å². The van der Waals surface area contributed by atoms with E-state index < -0.39 is 27.1 Å². The van der Waals surface area contributed by atoms with Gasteiger partial charge in [-0.05, 0) is 60.7 Å². The molecule has 0 radical (unpaired) electrons. The molecule has 0 aliphatic carbocycles. The minimum absolute atomic E-state index is 0.0323. The Morgan fingerprint density at radius 2 is 1.51 bits per heavy atom. The molecule has 0 saturated heterocycles. The lowest BCUT2D eigenvalue weighted by atomic mass is 10.2. The van der Waals surface area contributed by atoms with Gasteiger partial charge in [0.25, 0.3) is 11.3 Å². The Morgan fingerprint density at radius 3 is 2.19 bits per heavy atom. The van der Waals surface area contributed by atoms with Crippen LogP contribution in [0.4, 0.5) is 10.7 Å². The summed E-state index contributed by atoms with van der Waals surface area (Å²) in [6, 6.07) is 23.3. The lowest BCUT2D eigenvalue weighted by Gasteiger charge is -2.21. The number of hydrogen-bond acceptors (Lipinski definition) is 7. The number of rotatable bonds is 11. The minimum Gasteiger partial charge on any atom is -0.490 e. The van der Waals surface area contributed by atoms with Crippen LogP contribution in [0.15, 0.2) is 100 Å². The van der Waals surface area contributed by atoms with Gasteiger partial charge in [-0.2, -0.15) is 0 Å². The second kappa shape index (κ2) is 11.6. The van der Waals surface area contributed by atoms with Crippen LogP contribution in [0.2, 0.25) is 0 Å². The highest BCUT2D eigenvalue weighted by Crippen LogP contribution is 2.40. The number of nitrogens with zero attached hydrogens (tertiary/aromatic N) is 1. The fourth-order valence-corrected chi connectivity index (χ4v) is 6.79. The van der Waals surface area contributed by atoms with E-state index in [1.54, 1.807) is 42.5 Å². The fourth-order valence-electron chi connectivity index (χ4n) is 3.31. The number of thiophene rings is 1. The van der Waals surface area contributed by atoms with Crippen molar-refractivity contribution in [1.29, 1.82) is 0 Å². The average Bonchev–Trinajstić information content (AvgIpc) is 3.39. The van der Waals surface area contributed by atoms with Crippen LogP contribution in [-0.4, -0.2) is 41.5 Å². The number of anilines is 2. The molecule has 0 bridgehead atoms. The number of carbonyl (C=O) groups is 1. The van der Waals surface area contributed by atoms with Crippen molar-refractivity contribution in [2.45, 2.75) is 9.10 Å². The van der Waals surface area contributed by atoms with Gasteiger partial charge in [0.05, 0.1) is 16.1 Å². The predicted octanol–water partition coefficient (Wildman–Crippen LogP) is 5.01. The summed E-state index contributed by atoms with van der Waals surface area (Å²) in [4.78, 5) is 11.1. The van der Waals surface area contributed by atoms with Crippen molar-refractivity contribution < 1.29 is 36.6 Å². The molecule has 3 aromatic carbocycles. The summed E-state index contributed by atoms with van der Waals surface area (Å²) < 4.78 is 60.9. The molecule has 1 unspecified atom stereocenters. The van der Waals surface area contributed by atoms with Gasteiger partial charge in [-0.1, -0.05) is 30.3 Å². The van der Waals surface area contributed by atoms with Crippen molar-refractivity contribution in [2.24, 2.45) is 0 Å². The smallest absolute Gasteiger partial charge is 0.335 e. The topological polar surface area (TPSA) is 130 Å². The SMILES string of the molecule is O=C(O)c1ccc(OCCOc2ccccc2N(c2ccc(S(=O)(=O)c3ccccc3)s2)S(=O)O)cc1. The molecule has 1 aromatic heterocycles. The maximum atomic E-state index is 13.0. The molecule has 0 spiro atoms. The van der Waals surface area contributed by atoms with E-state index >= 15 is 0 Å². The largest absolute Gasteiger partial charge is 0.490 e. The molecule has 0 fully saturated rings. The molecule has 0 amide bonds. The van der Waals surface area contributed by atoms with Crippen LogP contribution in [-0.2, 0) is 21.1 Å². The van der Waals surface area contributed by atoms with Gasteiger partial charge < -0.3 is 14.6 Å². The van der Waals surface area contributed by atoms with E-state index in [4.69, 9.17) is 14.6 Å². The molecule has 37 heavy (non-hydrogen) atoms. The van der Waals surface area contributed by atoms with E-state index in [0.717, 1.165) is 15.6 Å². The molecule has 1 heterocycles. The molecule has 0 aliphatic heterocycles. The molecule has 9 nitrogen and oxygen atoms in total. The monoisotopic (exact) mass is 559 g/mol. The standard InChI is InChI=1S/C25H21NO8S3/c27-25(28)18-10-12-19(13-11-18)33-16-17-34-22-9-5-4-8-21(22)26(36(29)30)23-14-15-24(35-23)37(31,32)20-6-2-1-3-7-20/h1-15H,16-17H2,(H,27,28)(H,29,30). The molecule has 4 aromatic rings. The van der Waals surface area contributed by atoms with Crippen molar-refractivity contribution in [3.63, 3.8) is 0 Å². The zero-order chi connectivity index (χ0) is 26.4. The number of carboxylic acid groups (broad SMARTS) is 1. The van der Waals surface area contributed by atoms with Crippen molar-refractivity contribution in [2.75, 3.05) is 17.5 Å². The van der Waals surface area contributed by atoms with E-state index in [-0.39, 0.29) is 44.3 Å². The first-order valence-electron chi connectivity index (χ1n) is 10.8. The molecular weight excluding hydrogens is 538 g/mol. The van der Waals surface area contributed by atoms with Crippen LogP contribution in [0.3, 0.4) is 0 Å². The molecule has 0 aliphatic rings. The van der Waals surface area contributed by atoms with Gasteiger partial charge in [0, 0.05) is 0 Å². The van der Waals surface area contributed by atoms with Gasteiger partial charge in [0.1, 0.15) is 33.9 Å². The number of carboxylic acids is 1. The van der Waals surface area contributed by atoms with Gasteiger partial charge in [-0.25, -0.2) is 21.7 Å². The first kappa shape index (κ1) is 26.4. The second-order valence-corrected chi connectivity index (χ2v) is 11.5. The number of sulfone groups is 1. The Morgan fingerprint density at radius 1 is 0.865 bits per heavy atom. The third-order valence-corrected chi connectivity index (χ3v) is 9.19. The summed E-state index contributed by atoms with van der Waals surface area (Å²) in [5.41, 5.74) is 0.405. The Balaban J connectivity index is 1.50. The Labute approximate surface area is 219 Å². The summed E-state index contributed by atoms with van der Waals surface area (Å²) in [5, 5.41) is 9.21. The molecule has 2 N–H and O–H groups in total. The summed E-state index contributed by atoms with van der Waals surface area (Å²) >= 11 is -1.66. The van der Waals surface area contributed by atoms with Gasteiger partial charge in [-0.3, -0.25) is 4.55 Å². The van der Waals surface area contributed by atoms with E-state index in [2.05, 4.69) is 0 Å². The summed E-state index contributed by atoms with van der Waals surface area (Å²) in [5.74, 6) is -0.283. The van der Waals surface area contributed by atoms with Gasteiger partial charge in [0.15, 0.2) is 0 Å². The highest BCUT2D eigenvalue weighted by atomic mass is 32.2. The zero-order valence-corrected chi connectivity index (χ0v) is 21.5. The minimum atomic E-state index is -3.79. The number of hydrogen-bond donors (Lipinski definition) is 2.